The van der Waals surface area contributed by atoms with Crippen LogP contribution in [0, 0.1) is 13.8 Å². The van der Waals surface area contributed by atoms with Gasteiger partial charge in [-0.1, -0.05) is 0 Å². The summed E-state index contributed by atoms with van der Waals surface area (Å²) in [5, 5.41) is 9.47. The molecule has 1 aromatic carbocycles. The maximum absolute atomic E-state index is 9.47. The first-order valence-corrected chi connectivity index (χ1v) is 4.39. The van der Waals surface area contributed by atoms with Crippen molar-refractivity contribution in [1.29, 1.82) is 0 Å². The lowest BCUT2D eigenvalue weighted by Gasteiger charge is -2.13. The zero-order valence-electron chi connectivity index (χ0n) is 8.59. The Hall–Kier alpha value is -1.02. The maximum Gasteiger partial charge on any atom is 0.124 e. The Morgan fingerprint density at radius 1 is 1.23 bits per heavy atom. The summed E-state index contributed by atoms with van der Waals surface area (Å²) in [5.74, 6) is 0.762. The Morgan fingerprint density at radius 2 is 1.77 bits per heavy atom. The van der Waals surface area contributed by atoms with E-state index in [2.05, 4.69) is 0 Å². The molecule has 0 saturated carbocycles. The lowest BCUT2D eigenvalue weighted by Crippen LogP contribution is -1.98. The summed E-state index contributed by atoms with van der Waals surface area (Å²) >= 11 is 0. The zero-order chi connectivity index (χ0) is 10.0. The second-order valence-corrected chi connectivity index (χ2v) is 3.35. The van der Waals surface area contributed by atoms with E-state index in [4.69, 9.17) is 4.74 Å². The molecule has 0 saturated heterocycles. The Labute approximate surface area is 79.2 Å². The molecule has 72 valence electrons. The Bertz CT molecular complexity index is 303. The van der Waals surface area contributed by atoms with Crippen molar-refractivity contribution in [2.45, 2.75) is 26.9 Å². The third kappa shape index (κ3) is 2.01. The van der Waals surface area contributed by atoms with E-state index >= 15 is 0 Å². The van der Waals surface area contributed by atoms with Crippen LogP contribution in [0.15, 0.2) is 12.1 Å². The number of hydrogen-bond donors (Lipinski definition) is 1. The molecule has 0 fully saturated rings. The molecule has 1 N–H and O–H groups in total. The monoisotopic (exact) mass is 180 g/mol. The van der Waals surface area contributed by atoms with Crippen molar-refractivity contribution in [3.63, 3.8) is 0 Å². The fraction of sp³-hybridized carbons (Fsp3) is 0.455. The number of aryl methyl sites for hydroxylation is 2. The molecule has 0 aliphatic carbocycles. The Kier molecular flexibility index (Phi) is 2.94. The largest absolute Gasteiger partial charge is 0.496 e. The van der Waals surface area contributed by atoms with Gasteiger partial charge < -0.3 is 9.84 Å². The second kappa shape index (κ2) is 3.79. The molecule has 0 aliphatic heterocycles. The average molecular weight is 180 g/mol. The van der Waals surface area contributed by atoms with Crippen molar-refractivity contribution in [3.05, 3.63) is 28.8 Å². The van der Waals surface area contributed by atoms with Crippen LogP contribution in [-0.2, 0) is 0 Å². The van der Waals surface area contributed by atoms with Gasteiger partial charge in [0.15, 0.2) is 0 Å². The first kappa shape index (κ1) is 10.1. The number of aliphatic hydroxyl groups is 1. The third-order valence-corrected chi connectivity index (χ3v) is 2.30. The zero-order valence-corrected chi connectivity index (χ0v) is 8.59. The van der Waals surface area contributed by atoms with Gasteiger partial charge in [0.05, 0.1) is 13.2 Å². The molecule has 0 heterocycles. The molecular formula is C11H16O2. The van der Waals surface area contributed by atoms with Crippen LogP contribution in [-0.4, -0.2) is 12.2 Å². The molecule has 2 heteroatoms. The van der Waals surface area contributed by atoms with Crippen LogP contribution in [0.1, 0.15) is 29.7 Å². The van der Waals surface area contributed by atoms with E-state index in [1.807, 2.05) is 26.0 Å². The molecule has 0 aliphatic rings. The average Bonchev–Trinajstić information content (AvgIpc) is 2.08. The highest BCUT2D eigenvalue weighted by Gasteiger charge is 2.09. The quantitative estimate of drug-likeness (QED) is 0.757. The molecule has 1 unspecified atom stereocenters. The first-order chi connectivity index (χ1) is 6.06. The van der Waals surface area contributed by atoms with Gasteiger partial charge in [-0.3, -0.25) is 0 Å². The highest BCUT2D eigenvalue weighted by Crippen LogP contribution is 2.27. The van der Waals surface area contributed by atoms with Crippen molar-refractivity contribution in [2.24, 2.45) is 0 Å². The number of hydrogen-bond acceptors (Lipinski definition) is 2. The molecule has 0 spiro atoms. The van der Waals surface area contributed by atoms with Gasteiger partial charge >= 0.3 is 0 Å². The van der Waals surface area contributed by atoms with Gasteiger partial charge in [0.2, 0.25) is 0 Å². The summed E-state index contributed by atoms with van der Waals surface area (Å²) in [6.07, 6.45) is -0.478. The second-order valence-electron chi connectivity index (χ2n) is 3.35. The topological polar surface area (TPSA) is 29.5 Å². The molecule has 1 aromatic rings. The normalized spacial score (nSPS) is 12.7. The van der Waals surface area contributed by atoms with Crippen molar-refractivity contribution in [2.75, 3.05) is 7.11 Å². The van der Waals surface area contributed by atoms with Gasteiger partial charge in [0.25, 0.3) is 0 Å². The van der Waals surface area contributed by atoms with Crippen molar-refractivity contribution in [1.82, 2.24) is 0 Å². The van der Waals surface area contributed by atoms with Gasteiger partial charge in [0.1, 0.15) is 5.75 Å². The molecule has 0 radical (unpaired) electrons. The van der Waals surface area contributed by atoms with E-state index < -0.39 is 6.10 Å². The smallest absolute Gasteiger partial charge is 0.124 e. The first-order valence-electron chi connectivity index (χ1n) is 4.39. The SMILES string of the molecule is COc1cc(C)c(C)cc1C(C)O. The predicted molar refractivity (Wildman–Crippen MR) is 53.1 cm³/mol. The van der Waals surface area contributed by atoms with Crippen molar-refractivity contribution >= 4 is 0 Å². The maximum atomic E-state index is 9.47. The molecule has 1 atom stereocenters. The molecule has 13 heavy (non-hydrogen) atoms. The van der Waals surface area contributed by atoms with Gasteiger partial charge in [-0.25, -0.2) is 0 Å². The molecule has 0 bridgehead atoms. The van der Waals surface area contributed by atoms with E-state index in [9.17, 15) is 5.11 Å². The van der Waals surface area contributed by atoms with E-state index in [1.165, 1.54) is 11.1 Å². The summed E-state index contributed by atoms with van der Waals surface area (Å²) in [6, 6.07) is 3.93. The summed E-state index contributed by atoms with van der Waals surface area (Å²) in [5.41, 5.74) is 3.21. The highest BCUT2D eigenvalue weighted by molar-refractivity contribution is 5.42. The van der Waals surface area contributed by atoms with Crippen LogP contribution in [0.25, 0.3) is 0 Å². The van der Waals surface area contributed by atoms with Crippen LogP contribution in [0.3, 0.4) is 0 Å². The number of rotatable bonds is 2. The summed E-state index contributed by atoms with van der Waals surface area (Å²) in [6.45, 7) is 5.80. The van der Waals surface area contributed by atoms with Gasteiger partial charge in [0, 0.05) is 5.56 Å². The van der Waals surface area contributed by atoms with Crippen LogP contribution in [0.5, 0.6) is 5.75 Å². The Balaban J connectivity index is 3.25. The van der Waals surface area contributed by atoms with Crippen LogP contribution >= 0.6 is 0 Å². The molecular weight excluding hydrogens is 164 g/mol. The predicted octanol–water partition coefficient (Wildman–Crippen LogP) is 2.37. The minimum absolute atomic E-state index is 0.478. The minimum Gasteiger partial charge on any atom is -0.496 e. The lowest BCUT2D eigenvalue weighted by molar-refractivity contribution is 0.194. The van der Waals surface area contributed by atoms with Gasteiger partial charge in [-0.05, 0) is 44.0 Å². The van der Waals surface area contributed by atoms with Crippen molar-refractivity contribution < 1.29 is 9.84 Å². The molecule has 0 aromatic heterocycles. The number of benzene rings is 1. The summed E-state index contributed by atoms with van der Waals surface area (Å²) < 4.78 is 5.18. The van der Waals surface area contributed by atoms with E-state index in [1.54, 1.807) is 14.0 Å². The van der Waals surface area contributed by atoms with E-state index in [0.717, 1.165) is 11.3 Å². The van der Waals surface area contributed by atoms with Gasteiger partial charge in [-0.15, -0.1) is 0 Å². The fourth-order valence-corrected chi connectivity index (χ4v) is 1.32. The van der Waals surface area contributed by atoms with Crippen LogP contribution in [0.2, 0.25) is 0 Å². The lowest BCUT2D eigenvalue weighted by atomic mass is 10.0. The number of methoxy groups -OCH3 is 1. The Morgan fingerprint density at radius 3 is 2.23 bits per heavy atom. The number of ether oxygens (including phenoxy) is 1. The van der Waals surface area contributed by atoms with Crippen LogP contribution < -0.4 is 4.74 Å². The minimum atomic E-state index is -0.478. The van der Waals surface area contributed by atoms with Gasteiger partial charge in [-0.2, -0.15) is 0 Å². The number of aliphatic hydroxyl groups excluding tert-OH is 1. The van der Waals surface area contributed by atoms with Crippen LogP contribution in [0.4, 0.5) is 0 Å². The highest BCUT2D eigenvalue weighted by atomic mass is 16.5. The molecule has 2 nitrogen and oxygen atoms in total. The van der Waals surface area contributed by atoms with E-state index in [0.29, 0.717) is 0 Å². The molecule has 0 amide bonds. The molecule has 1 rings (SSSR count). The van der Waals surface area contributed by atoms with Crippen molar-refractivity contribution in [3.8, 4) is 5.75 Å². The van der Waals surface area contributed by atoms with E-state index in [-0.39, 0.29) is 0 Å². The summed E-state index contributed by atoms with van der Waals surface area (Å²) in [7, 11) is 1.62. The summed E-state index contributed by atoms with van der Waals surface area (Å²) in [4.78, 5) is 0. The fourth-order valence-electron chi connectivity index (χ4n) is 1.32. The third-order valence-electron chi connectivity index (χ3n) is 2.30. The standard InChI is InChI=1S/C11H16O2/c1-7-5-10(9(3)12)11(13-4)6-8(7)2/h5-6,9,12H,1-4H3.